The zero-order chi connectivity index (χ0) is 12.1. The van der Waals surface area contributed by atoms with E-state index in [9.17, 15) is 5.11 Å². The fourth-order valence-corrected chi connectivity index (χ4v) is 1.90. The number of nitrogens with zero attached hydrogens (tertiary/aromatic N) is 2. The Kier molecular flexibility index (Phi) is 4.92. The SMILES string of the molecule is CC(O)CC(C)NC(CN)c1cncn1C. The third-order valence-corrected chi connectivity index (χ3v) is 2.63. The Morgan fingerprint density at radius 2 is 2.25 bits per heavy atom. The molecule has 0 radical (unpaired) electrons. The molecule has 0 saturated carbocycles. The van der Waals surface area contributed by atoms with Crippen molar-refractivity contribution in [1.82, 2.24) is 14.9 Å². The normalized spacial score (nSPS) is 17.1. The lowest BCUT2D eigenvalue weighted by molar-refractivity contribution is 0.167. The molecule has 5 heteroatoms. The van der Waals surface area contributed by atoms with Gasteiger partial charge in [0.15, 0.2) is 0 Å². The Labute approximate surface area is 96.7 Å². The van der Waals surface area contributed by atoms with E-state index in [-0.39, 0.29) is 18.2 Å². The maximum Gasteiger partial charge on any atom is 0.0946 e. The first-order chi connectivity index (χ1) is 7.54. The van der Waals surface area contributed by atoms with Gasteiger partial charge in [-0.1, -0.05) is 0 Å². The summed E-state index contributed by atoms with van der Waals surface area (Å²) in [6.45, 7) is 4.36. The predicted octanol–water partition coefficient (Wildman–Crippen LogP) is 0.169. The number of hydrogen-bond donors (Lipinski definition) is 3. The van der Waals surface area contributed by atoms with Crippen LogP contribution in [-0.2, 0) is 7.05 Å². The molecule has 5 nitrogen and oxygen atoms in total. The predicted molar refractivity (Wildman–Crippen MR) is 63.9 cm³/mol. The van der Waals surface area contributed by atoms with Crippen LogP contribution in [0, 0.1) is 0 Å². The van der Waals surface area contributed by atoms with Crippen LogP contribution in [0.5, 0.6) is 0 Å². The molecule has 0 amide bonds. The third kappa shape index (κ3) is 3.59. The Hall–Kier alpha value is -0.910. The molecule has 0 aliphatic rings. The van der Waals surface area contributed by atoms with Crippen LogP contribution in [-0.4, -0.2) is 33.3 Å². The second kappa shape index (κ2) is 5.98. The van der Waals surface area contributed by atoms with E-state index in [1.165, 1.54) is 0 Å². The molecule has 0 saturated heterocycles. The van der Waals surface area contributed by atoms with Crippen LogP contribution < -0.4 is 11.1 Å². The fraction of sp³-hybridized carbons (Fsp3) is 0.727. The van der Waals surface area contributed by atoms with Gasteiger partial charge in [-0.25, -0.2) is 4.98 Å². The average molecular weight is 226 g/mol. The van der Waals surface area contributed by atoms with E-state index < -0.39 is 0 Å². The highest BCUT2D eigenvalue weighted by molar-refractivity contribution is 5.05. The van der Waals surface area contributed by atoms with Crippen molar-refractivity contribution in [1.29, 1.82) is 0 Å². The first-order valence-corrected chi connectivity index (χ1v) is 5.65. The van der Waals surface area contributed by atoms with Gasteiger partial charge < -0.3 is 20.7 Å². The molecule has 3 unspecified atom stereocenters. The van der Waals surface area contributed by atoms with Crippen LogP contribution in [0.2, 0.25) is 0 Å². The summed E-state index contributed by atoms with van der Waals surface area (Å²) in [4.78, 5) is 4.08. The van der Waals surface area contributed by atoms with Crippen molar-refractivity contribution >= 4 is 0 Å². The number of aliphatic hydroxyl groups is 1. The van der Waals surface area contributed by atoms with Crippen LogP contribution in [0.1, 0.15) is 32.0 Å². The van der Waals surface area contributed by atoms with Crippen LogP contribution in [0.3, 0.4) is 0 Å². The second-order valence-corrected chi connectivity index (χ2v) is 4.37. The molecular weight excluding hydrogens is 204 g/mol. The molecule has 16 heavy (non-hydrogen) atoms. The minimum absolute atomic E-state index is 0.0845. The number of hydrogen-bond acceptors (Lipinski definition) is 4. The van der Waals surface area contributed by atoms with Gasteiger partial charge in [0.1, 0.15) is 0 Å². The second-order valence-electron chi connectivity index (χ2n) is 4.37. The topological polar surface area (TPSA) is 76.1 Å². The van der Waals surface area contributed by atoms with Gasteiger partial charge in [0.2, 0.25) is 0 Å². The average Bonchev–Trinajstić information content (AvgIpc) is 2.60. The van der Waals surface area contributed by atoms with Gasteiger partial charge >= 0.3 is 0 Å². The van der Waals surface area contributed by atoms with Gasteiger partial charge in [-0.15, -0.1) is 0 Å². The summed E-state index contributed by atoms with van der Waals surface area (Å²) in [7, 11) is 1.95. The molecule has 0 bridgehead atoms. The first-order valence-electron chi connectivity index (χ1n) is 5.65. The summed E-state index contributed by atoms with van der Waals surface area (Å²) >= 11 is 0. The van der Waals surface area contributed by atoms with E-state index in [2.05, 4.69) is 10.3 Å². The summed E-state index contributed by atoms with van der Waals surface area (Å²) in [5.41, 5.74) is 6.82. The molecule has 4 N–H and O–H groups in total. The lowest BCUT2D eigenvalue weighted by Crippen LogP contribution is -2.37. The Balaban J connectivity index is 2.59. The van der Waals surface area contributed by atoms with Crippen molar-refractivity contribution in [3.8, 4) is 0 Å². The summed E-state index contributed by atoms with van der Waals surface area (Å²) < 4.78 is 1.96. The quantitative estimate of drug-likeness (QED) is 0.646. The number of imidazole rings is 1. The van der Waals surface area contributed by atoms with E-state index >= 15 is 0 Å². The van der Waals surface area contributed by atoms with Gasteiger partial charge in [0.25, 0.3) is 0 Å². The minimum Gasteiger partial charge on any atom is -0.393 e. The largest absolute Gasteiger partial charge is 0.393 e. The highest BCUT2D eigenvalue weighted by atomic mass is 16.3. The van der Waals surface area contributed by atoms with Gasteiger partial charge in [-0.3, -0.25) is 0 Å². The Morgan fingerprint density at radius 1 is 1.56 bits per heavy atom. The number of aryl methyl sites for hydroxylation is 1. The summed E-state index contributed by atoms with van der Waals surface area (Å²) in [6, 6.07) is 0.310. The number of aromatic nitrogens is 2. The van der Waals surface area contributed by atoms with Crippen molar-refractivity contribution in [2.45, 2.75) is 38.5 Å². The molecule has 1 aromatic heterocycles. The Morgan fingerprint density at radius 3 is 2.69 bits per heavy atom. The highest BCUT2D eigenvalue weighted by Gasteiger charge is 2.16. The van der Waals surface area contributed by atoms with Gasteiger partial charge in [-0.05, 0) is 20.3 Å². The molecular formula is C11H22N4O. The molecule has 1 rings (SSSR count). The van der Waals surface area contributed by atoms with Gasteiger partial charge in [0, 0.05) is 25.8 Å². The summed E-state index contributed by atoms with van der Waals surface area (Å²) in [5.74, 6) is 0. The lowest BCUT2D eigenvalue weighted by Gasteiger charge is -2.23. The molecule has 1 heterocycles. The maximum absolute atomic E-state index is 9.30. The molecule has 3 atom stereocenters. The maximum atomic E-state index is 9.30. The van der Waals surface area contributed by atoms with Crippen LogP contribution >= 0.6 is 0 Å². The fourth-order valence-electron chi connectivity index (χ4n) is 1.90. The van der Waals surface area contributed by atoms with E-state index in [1.807, 2.05) is 24.7 Å². The lowest BCUT2D eigenvalue weighted by atomic mass is 10.1. The molecule has 0 aliphatic carbocycles. The van der Waals surface area contributed by atoms with Crippen molar-refractivity contribution in [2.24, 2.45) is 12.8 Å². The number of nitrogens with one attached hydrogen (secondary N) is 1. The summed E-state index contributed by atoms with van der Waals surface area (Å²) in [5, 5.41) is 12.7. The monoisotopic (exact) mass is 226 g/mol. The van der Waals surface area contributed by atoms with E-state index in [1.54, 1.807) is 13.3 Å². The number of rotatable bonds is 6. The van der Waals surface area contributed by atoms with Crippen LogP contribution in [0.15, 0.2) is 12.5 Å². The van der Waals surface area contributed by atoms with Crippen LogP contribution in [0.25, 0.3) is 0 Å². The minimum atomic E-state index is -0.299. The van der Waals surface area contributed by atoms with Crippen molar-refractivity contribution < 1.29 is 5.11 Å². The van der Waals surface area contributed by atoms with Crippen molar-refractivity contribution in [2.75, 3.05) is 6.54 Å². The first kappa shape index (κ1) is 13.2. The van der Waals surface area contributed by atoms with E-state index in [4.69, 9.17) is 5.73 Å². The highest BCUT2D eigenvalue weighted by Crippen LogP contribution is 2.12. The van der Waals surface area contributed by atoms with Crippen molar-refractivity contribution in [3.05, 3.63) is 18.2 Å². The smallest absolute Gasteiger partial charge is 0.0946 e. The van der Waals surface area contributed by atoms with Gasteiger partial charge in [0.05, 0.1) is 24.2 Å². The molecule has 92 valence electrons. The molecule has 0 fully saturated rings. The standard InChI is InChI=1S/C11H22N4O/c1-8(4-9(2)16)14-10(5-12)11-6-13-7-15(11)3/h6-10,14,16H,4-5,12H2,1-3H3. The summed E-state index contributed by atoms with van der Waals surface area (Å²) in [6.07, 6.45) is 4.00. The zero-order valence-electron chi connectivity index (χ0n) is 10.2. The zero-order valence-corrected chi connectivity index (χ0v) is 10.2. The molecule has 0 spiro atoms. The van der Waals surface area contributed by atoms with E-state index in [0.717, 1.165) is 5.69 Å². The molecule has 1 aromatic rings. The third-order valence-electron chi connectivity index (χ3n) is 2.63. The Bertz CT molecular complexity index is 311. The number of aliphatic hydroxyl groups excluding tert-OH is 1. The van der Waals surface area contributed by atoms with Crippen molar-refractivity contribution in [3.63, 3.8) is 0 Å². The molecule has 0 aromatic carbocycles. The van der Waals surface area contributed by atoms with Gasteiger partial charge in [-0.2, -0.15) is 0 Å². The number of nitrogens with two attached hydrogens (primary N) is 1. The van der Waals surface area contributed by atoms with Crippen LogP contribution in [0.4, 0.5) is 0 Å². The van der Waals surface area contributed by atoms with E-state index in [0.29, 0.717) is 13.0 Å². The molecule has 0 aliphatic heterocycles.